The number of aromatic nitrogens is 2. The van der Waals surface area contributed by atoms with Gasteiger partial charge in [0.05, 0.1) is 5.69 Å². The molecule has 1 aromatic heterocycles. The average Bonchev–Trinajstić information content (AvgIpc) is 2.68. The number of halogens is 1. The first-order valence-electron chi connectivity index (χ1n) is 6.84. The summed E-state index contributed by atoms with van der Waals surface area (Å²) in [4.78, 5) is 7.01. The molecule has 18 heavy (non-hydrogen) atoms. The van der Waals surface area contributed by atoms with Gasteiger partial charge >= 0.3 is 0 Å². The Bertz CT molecular complexity index is 434. The first kappa shape index (κ1) is 12.5. The second kappa shape index (κ2) is 4.83. The van der Waals surface area contributed by atoms with E-state index in [1.165, 1.54) is 18.7 Å². The maximum absolute atomic E-state index is 6.28. The summed E-state index contributed by atoms with van der Waals surface area (Å²) in [5, 5.41) is 0.680. The summed E-state index contributed by atoms with van der Waals surface area (Å²) in [7, 11) is 2.18. The molecule has 0 amide bonds. The van der Waals surface area contributed by atoms with Crippen molar-refractivity contribution in [2.45, 2.75) is 44.2 Å². The van der Waals surface area contributed by atoms with Crippen LogP contribution in [0, 0.1) is 0 Å². The predicted molar refractivity (Wildman–Crippen MR) is 73.0 cm³/mol. The summed E-state index contributed by atoms with van der Waals surface area (Å²) < 4.78 is 2.34. The van der Waals surface area contributed by atoms with Crippen LogP contribution in [0.2, 0.25) is 5.15 Å². The van der Waals surface area contributed by atoms with E-state index in [-0.39, 0.29) is 6.04 Å². The summed E-state index contributed by atoms with van der Waals surface area (Å²) in [5.74, 6) is 1.77. The van der Waals surface area contributed by atoms with E-state index in [1.807, 2.05) is 0 Å². The molecule has 1 atom stereocenters. The molecule has 0 spiro atoms. The Morgan fingerprint density at radius 3 is 2.67 bits per heavy atom. The molecule has 2 N–H and O–H groups in total. The standard InChI is InChI=1S/C13H21ClN4/c1-17-5-2-9(3-6-17)13-16-12(14)11-8-10(15)4-7-18(11)13/h9-10H,2-8,15H2,1H3. The largest absolute Gasteiger partial charge is 0.330 e. The van der Waals surface area contributed by atoms with Crippen LogP contribution in [0.15, 0.2) is 0 Å². The van der Waals surface area contributed by atoms with Gasteiger partial charge in [0, 0.05) is 24.9 Å². The van der Waals surface area contributed by atoms with E-state index in [0.29, 0.717) is 11.1 Å². The monoisotopic (exact) mass is 268 g/mol. The summed E-state index contributed by atoms with van der Waals surface area (Å²) >= 11 is 6.28. The molecule has 1 unspecified atom stereocenters. The Morgan fingerprint density at radius 2 is 1.94 bits per heavy atom. The molecule has 2 aliphatic heterocycles. The minimum Gasteiger partial charge on any atom is -0.330 e. The van der Waals surface area contributed by atoms with Crippen molar-refractivity contribution in [1.29, 1.82) is 0 Å². The van der Waals surface area contributed by atoms with Crippen molar-refractivity contribution >= 4 is 11.6 Å². The molecule has 0 bridgehead atoms. The van der Waals surface area contributed by atoms with Crippen molar-refractivity contribution in [1.82, 2.24) is 14.5 Å². The SMILES string of the molecule is CN1CCC(c2nc(Cl)c3n2CCC(N)C3)CC1. The topological polar surface area (TPSA) is 47.1 Å². The number of likely N-dealkylation sites (tertiary alicyclic amines) is 1. The number of imidazole rings is 1. The van der Waals surface area contributed by atoms with Crippen LogP contribution in [-0.2, 0) is 13.0 Å². The van der Waals surface area contributed by atoms with E-state index in [1.54, 1.807) is 0 Å². The van der Waals surface area contributed by atoms with Crippen molar-refractivity contribution in [3.63, 3.8) is 0 Å². The molecule has 1 aromatic rings. The van der Waals surface area contributed by atoms with Crippen LogP contribution in [0.3, 0.4) is 0 Å². The fraction of sp³-hybridized carbons (Fsp3) is 0.769. The zero-order chi connectivity index (χ0) is 12.7. The summed E-state index contributed by atoms with van der Waals surface area (Å²) in [6.07, 6.45) is 4.29. The number of hydrogen-bond donors (Lipinski definition) is 1. The molecule has 2 aliphatic rings. The van der Waals surface area contributed by atoms with Crippen molar-refractivity contribution in [3.05, 3.63) is 16.7 Å². The molecule has 1 saturated heterocycles. The second-order valence-electron chi connectivity index (χ2n) is 5.69. The number of rotatable bonds is 1. The molecular formula is C13H21ClN4. The smallest absolute Gasteiger partial charge is 0.150 e. The molecule has 100 valence electrons. The third-order valence-corrected chi connectivity index (χ3v) is 4.62. The van der Waals surface area contributed by atoms with Crippen LogP contribution in [0.5, 0.6) is 0 Å². The Morgan fingerprint density at radius 1 is 1.22 bits per heavy atom. The van der Waals surface area contributed by atoms with E-state index in [2.05, 4.69) is 21.5 Å². The van der Waals surface area contributed by atoms with E-state index in [9.17, 15) is 0 Å². The van der Waals surface area contributed by atoms with Gasteiger partial charge in [-0.05, 0) is 39.4 Å². The van der Waals surface area contributed by atoms with Crippen molar-refractivity contribution in [2.24, 2.45) is 5.73 Å². The lowest BCUT2D eigenvalue weighted by Gasteiger charge is -2.30. The lowest BCUT2D eigenvalue weighted by atomic mass is 9.95. The molecule has 4 nitrogen and oxygen atoms in total. The number of piperidine rings is 1. The van der Waals surface area contributed by atoms with Crippen LogP contribution < -0.4 is 5.73 Å². The van der Waals surface area contributed by atoms with Gasteiger partial charge in [-0.15, -0.1) is 0 Å². The number of nitrogens with zero attached hydrogens (tertiary/aromatic N) is 3. The van der Waals surface area contributed by atoms with E-state index in [4.69, 9.17) is 17.3 Å². The highest BCUT2D eigenvalue weighted by atomic mass is 35.5. The lowest BCUT2D eigenvalue weighted by Crippen LogP contribution is -2.33. The summed E-state index contributed by atoms with van der Waals surface area (Å²) in [6, 6.07) is 0.247. The molecule has 1 fully saturated rings. The maximum Gasteiger partial charge on any atom is 0.150 e. The minimum absolute atomic E-state index is 0.247. The molecule has 3 rings (SSSR count). The first-order chi connectivity index (χ1) is 8.65. The highest BCUT2D eigenvalue weighted by Crippen LogP contribution is 2.32. The van der Waals surface area contributed by atoms with Gasteiger partial charge in [-0.3, -0.25) is 0 Å². The van der Waals surface area contributed by atoms with Crippen LogP contribution in [0.1, 0.15) is 36.7 Å². The molecule has 0 aromatic carbocycles. The Balaban J connectivity index is 1.87. The predicted octanol–water partition coefficient (Wildman–Crippen LogP) is 1.62. The van der Waals surface area contributed by atoms with E-state index in [0.717, 1.165) is 38.2 Å². The molecule has 3 heterocycles. The van der Waals surface area contributed by atoms with Crippen LogP contribution >= 0.6 is 11.6 Å². The Labute approximate surface area is 113 Å². The molecular weight excluding hydrogens is 248 g/mol. The highest BCUT2D eigenvalue weighted by Gasteiger charge is 2.28. The fourth-order valence-electron chi connectivity index (χ4n) is 3.14. The number of nitrogens with two attached hydrogens (primary N) is 1. The zero-order valence-electron chi connectivity index (χ0n) is 10.9. The highest BCUT2D eigenvalue weighted by molar-refractivity contribution is 6.30. The summed E-state index contributed by atoms with van der Waals surface area (Å²) in [6.45, 7) is 3.30. The van der Waals surface area contributed by atoms with Crippen molar-refractivity contribution in [3.8, 4) is 0 Å². The Hall–Kier alpha value is -0.580. The van der Waals surface area contributed by atoms with E-state index < -0.39 is 0 Å². The molecule has 0 saturated carbocycles. The molecule has 0 aliphatic carbocycles. The third-order valence-electron chi connectivity index (χ3n) is 4.32. The fourth-order valence-corrected chi connectivity index (χ4v) is 3.41. The average molecular weight is 269 g/mol. The van der Waals surface area contributed by atoms with Gasteiger partial charge in [0.25, 0.3) is 0 Å². The van der Waals surface area contributed by atoms with Gasteiger partial charge in [-0.2, -0.15) is 0 Å². The molecule has 5 heteroatoms. The normalized spacial score (nSPS) is 26.3. The van der Waals surface area contributed by atoms with Crippen molar-refractivity contribution < 1.29 is 0 Å². The van der Waals surface area contributed by atoms with E-state index >= 15 is 0 Å². The van der Waals surface area contributed by atoms with Crippen LogP contribution in [-0.4, -0.2) is 40.6 Å². The van der Waals surface area contributed by atoms with Gasteiger partial charge in [-0.25, -0.2) is 4.98 Å². The van der Waals surface area contributed by atoms with Gasteiger partial charge in [0.1, 0.15) is 5.82 Å². The lowest BCUT2D eigenvalue weighted by molar-refractivity contribution is 0.247. The van der Waals surface area contributed by atoms with Crippen molar-refractivity contribution in [2.75, 3.05) is 20.1 Å². The number of fused-ring (bicyclic) bond motifs is 1. The second-order valence-corrected chi connectivity index (χ2v) is 6.05. The summed E-state index contributed by atoms with van der Waals surface area (Å²) in [5.41, 5.74) is 7.17. The maximum atomic E-state index is 6.28. The van der Waals surface area contributed by atoms with Gasteiger partial charge in [-0.1, -0.05) is 11.6 Å². The third kappa shape index (κ3) is 2.17. The van der Waals surface area contributed by atoms with Gasteiger partial charge in [0.2, 0.25) is 0 Å². The first-order valence-corrected chi connectivity index (χ1v) is 7.22. The minimum atomic E-state index is 0.247. The van der Waals surface area contributed by atoms with Gasteiger partial charge in [0.15, 0.2) is 5.15 Å². The van der Waals surface area contributed by atoms with Crippen LogP contribution in [0.4, 0.5) is 0 Å². The van der Waals surface area contributed by atoms with Gasteiger partial charge < -0.3 is 15.2 Å². The van der Waals surface area contributed by atoms with Crippen LogP contribution in [0.25, 0.3) is 0 Å². The molecule has 0 radical (unpaired) electrons. The Kier molecular flexibility index (Phi) is 3.34. The number of hydrogen-bond acceptors (Lipinski definition) is 3. The zero-order valence-corrected chi connectivity index (χ0v) is 11.7. The quantitative estimate of drug-likeness (QED) is 0.842.